The molecule has 1 fully saturated rings. The van der Waals surface area contributed by atoms with E-state index in [1.54, 1.807) is 0 Å². The second kappa shape index (κ2) is 12.8. The Balaban J connectivity index is 1.47. The van der Waals surface area contributed by atoms with E-state index < -0.39 is 17.9 Å². The molecule has 41 heavy (non-hydrogen) atoms. The summed E-state index contributed by atoms with van der Waals surface area (Å²) in [5.74, 6) is 0.153. The van der Waals surface area contributed by atoms with Crippen LogP contribution < -0.4 is 14.2 Å². The first-order valence-corrected chi connectivity index (χ1v) is 14.6. The average molecular weight is 558 g/mol. The van der Waals surface area contributed by atoms with Gasteiger partial charge in [-0.25, -0.2) is 0 Å². The predicted molar refractivity (Wildman–Crippen MR) is 157 cm³/mol. The third kappa shape index (κ3) is 6.10. The van der Waals surface area contributed by atoms with Crippen molar-refractivity contribution in [2.45, 2.75) is 58.4 Å². The lowest BCUT2D eigenvalue weighted by molar-refractivity contribution is -0.143. The van der Waals surface area contributed by atoms with Crippen molar-refractivity contribution in [2.24, 2.45) is 5.92 Å². The molecule has 0 saturated carbocycles. The quantitative estimate of drug-likeness (QED) is 0.293. The summed E-state index contributed by atoms with van der Waals surface area (Å²) in [7, 11) is 0. The van der Waals surface area contributed by atoms with E-state index >= 15 is 0 Å². The Morgan fingerprint density at radius 1 is 0.927 bits per heavy atom. The number of carboxylic acid groups (broad SMARTS) is 1. The average Bonchev–Trinajstić information content (AvgIpc) is 3.61. The van der Waals surface area contributed by atoms with Crippen molar-refractivity contribution in [1.29, 1.82) is 0 Å². The van der Waals surface area contributed by atoms with Crippen LogP contribution in [0.25, 0.3) is 0 Å². The summed E-state index contributed by atoms with van der Waals surface area (Å²) in [5, 5.41) is 10.6. The number of hydrogen-bond acceptors (Lipinski definition) is 6. The van der Waals surface area contributed by atoms with Crippen molar-refractivity contribution in [1.82, 2.24) is 4.90 Å². The molecule has 3 aromatic carbocycles. The number of rotatable bonds is 12. The maximum Gasteiger partial charge on any atom is 0.309 e. The molecule has 5 rings (SSSR count). The SMILES string of the molecule is CCCOc1ccc([C@H]2[C@H](C(=O)O)[C@@H](c3ccc4c(c3)OCO4)CN2CC(=O)Cc2c(CC)cccc2CC)cc1. The number of carboxylic acids is 1. The van der Waals surface area contributed by atoms with Crippen molar-refractivity contribution in [3.8, 4) is 17.2 Å². The third-order valence-electron chi connectivity index (χ3n) is 8.29. The second-order valence-electron chi connectivity index (χ2n) is 10.9. The molecule has 3 atom stereocenters. The third-order valence-corrected chi connectivity index (χ3v) is 8.29. The largest absolute Gasteiger partial charge is 0.494 e. The fourth-order valence-corrected chi connectivity index (χ4v) is 6.31. The number of likely N-dealkylation sites (tertiary alicyclic amines) is 1. The van der Waals surface area contributed by atoms with Crippen molar-refractivity contribution in [3.05, 3.63) is 88.5 Å². The summed E-state index contributed by atoms with van der Waals surface area (Å²) in [6.45, 7) is 7.66. The predicted octanol–water partition coefficient (Wildman–Crippen LogP) is 5.98. The number of Topliss-reactive ketones (excluding diaryl/α,β-unsaturated/α-hetero) is 1. The van der Waals surface area contributed by atoms with Gasteiger partial charge in [0.1, 0.15) is 5.75 Å². The lowest BCUT2D eigenvalue weighted by atomic mass is 9.82. The van der Waals surface area contributed by atoms with Crippen LogP contribution in [-0.4, -0.2) is 48.2 Å². The Hall–Kier alpha value is -3.84. The number of carbonyl (C=O) groups is 2. The van der Waals surface area contributed by atoms with Gasteiger partial charge >= 0.3 is 5.97 Å². The number of carbonyl (C=O) groups excluding carboxylic acids is 1. The van der Waals surface area contributed by atoms with Gasteiger partial charge in [-0.2, -0.15) is 0 Å². The van der Waals surface area contributed by atoms with Crippen LogP contribution in [0.5, 0.6) is 17.2 Å². The summed E-state index contributed by atoms with van der Waals surface area (Å²) in [6, 6.07) is 19.1. The Labute approximate surface area is 242 Å². The van der Waals surface area contributed by atoms with E-state index in [9.17, 15) is 14.7 Å². The van der Waals surface area contributed by atoms with Crippen LogP contribution in [0.3, 0.4) is 0 Å². The van der Waals surface area contributed by atoms with E-state index in [0.717, 1.165) is 41.7 Å². The highest BCUT2D eigenvalue weighted by Crippen LogP contribution is 2.47. The number of aliphatic carboxylic acids is 1. The first-order valence-electron chi connectivity index (χ1n) is 14.6. The molecule has 3 aromatic rings. The highest BCUT2D eigenvalue weighted by atomic mass is 16.7. The Morgan fingerprint density at radius 3 is 2.27 bits per heavy atom. The lowest BCUT2D eigenvalue weighted by Crippen LogP contribution is -2.33. The summed E-state index contributed by atoms with van der Waals surface area (Å²) >= 11 is 0. The normalized spacial score (nSPS) is 19.8. The second-order valence-corrected chi connectivity index (χ2v) is 10.9. The number of hydrogen-bond donors (Lipinski definition) is 1. The van der Waals surface area contributed by atoms with E-state index in [-0.39, 0.29) is 25.0 Å². The summed E-state index contributed by atoms with van der Waals surface area (Å²) < 4.78 is 16.9. The standard InChI is InChI=1S/C34H39NO6/c1-4-16-39-27-13-10-24(11-14-27)33-32(34(37)38)29(25-12-15-30-31(17-25)41-21-40-30)20-35(33)19-26(36)18-28-22(5-2)8-7-9-23(28)6-3/h7-15,17,29,32-33H,4-6,16,18-21H2,1-3H3,(H,37,38)/t29-,32-,33+/m1/s1. The molecule has 0 aromatic heterocycles. The lowest BCUT2D eigenvalue weighted by Gasteiger charge is -2.27. The number of aryl methyl sites for hydroxylation is 2. The van der Waals surface area contributed by atoms with Crippen molar-refractivity contribution < 1.29 is 28.9 Å². The van der Waals surface area contributed by atoms with E-state index in [1.807, 2.05) is 42.5 Å². The minimum atomic E-state index is -0.886. The van der Waals surface area contributed by atoms with Crippen LogP contribution in [0.4, 0.5) is 0 Å². The highest BCUT2D eigenvalue weighted by Gasteiger charge is 2.48. The van der Waals surface area contributed by atoms with Gasteiger partial charge < -0.3 is 19.3 Å². The maximum absolute atomic E-state index is 13.7. The molecular formula is C34H39NO6. The monoisotopic (exact) mass is 557 g/mol. The molecule has 0 bridgehead atoms. The Kier molecular flexibility index (Phi) is 8.93. The van der Waals surface area contributed by atoms with E-state index in [0.29, 0.717) is 31.1 Å². The number of benzene rings is 3. The zero-order chi connectivity index (χ0) is 28.9. The molecule has 0 amide bonds. The van der Waals surface area contributed by atoms with E-state index in [1.165, 1.54) is 11.1 Å². The van der Waals surface area contributed by atoms with Crippen LogP contribution in [0.2, 0.25) is 0 Å². The van der Waals surface area contributed by atoms with Crippen LogP contribution in [0.1, 0.15) is 67.0 Å². The smallest absolute Gasteiger partial charge is 0.309 e. The van der Waals surface area contributed by atoms with E-state index in [2.05, 4.69) is 43.9 Å². The number of fused-ring (bicyclic) bond motifs is 1. The Morgan fingerprint density at radius 2 is 1.61 bits per heavy atom. The van der Waals surface area contributed by atoms with Gasteiger partial charge in [0.05, 0.1) is 19.1 Å². The Bertz CT molecular complexity index is 1360. The fraction of sp³-hybridized carbons (Fsp3) is 0.412. The van der Waals surface area contributed by atoms with Crippen molar-refractivity contribution in [2.75, 3.05) is 26.5 Å². The minimum Gasteiger partial charge on any atom is -0.494 e. The first-order chi connectivity index (χ1) is 19.9. The molecule has 216 valence electrons. The van der Waals surface area contributed by atoms with Crippen LogP contribution in [0, 0.1) is 5.92 Å². The fourth-order valence-electron chi connectivity index (χ4n) is 6.31. The molecule has 2 aliphatic heterocycles. The number of ketones is 1. The van der Waals surface area contributed by atoms with Crippen LogP contribution >= 0.6 is 0 Å². The highest BCUT2D eigenvalue weighted by molar-refractivity contribution is 5.84. The molecule has 0 spiro atoms. The van der Waals surface area contributed by atoms with Gasteiger partial charge in [0, 0.05) is 24.9 Å². The zero-order valence-electron chi connectivity index (χ0n) is 24.1. The van der Waals surface area contributed by atoms with Gasteiger partial charge in [-0.15, -0.1) is 0 Å². The topological polar surface area (TPSA) is 85.3 Å². The molecule has 0 aliphatic carbocycles. The molecular weight excluding hydrogens is 518 g/mol. The van der Waals surface area contributed by atoms with Gasteiger partial charge in [-0.05, 0) is 71.3 Å². The van der Waals surface area contributed by atoms with E-state index in [4.69, 9.17) is 14.2 Å². The summed E-state index contributed by atoms with van der Waals surface area (Å²) in [6.07, 6.45) is 2.97. The van der Waals surface area contributed by atoms with Gasteiger partial charge in [-0.3, -0.25) is 14.5 Å². The molecule has 2 heterocycles. The molecule has 7 nitrogen and oxygen atoms in total. The van der Waals surface area contributed by atoms with Crippen molar-refractivity contribution >= 4 is 11.8 Å². The van der Waals surface area contributed by atoms with Gasteiger partial charge in [0.15, 0.2) is 17.3 Å². The zero-order valence-corrected chi connectivity index (χ0v) is 24.1. The number of nitrogens with zero attached hydrogens (tertiary/aromatic N) is 1. The first kappa shape index (κ1) is 28.7. The van der Waals surface area contributed by atoms with Gasteiger partial charge in [-0.1, -0.05) is 57.2 Å². The number of ether oxygens (including phenoxy) is 3. The molecule has 2 aliphatic rings. The van der Waals surface area contributed by atoms with Gasteiger partial charge in [0.2, 0.25) is 6.79 Å². The van der Waals surface area contributed by atoms with Crippen LogP contribution in [0.15, 0.2) is 60.7 Å². The minimum absolute atomic E-state index is 0.0870. The summed E-state index contributed by atoms with van der Waals surface area (Å²) in [4.78, 5) is 28.6. The summed E-state index contributed by atoms with van der Waals surface area (Å²) in [5.41, 5.74) is 5.23. The van der Waals surface area contributed by atoms with Crippen LogP contribution in [-0.2, 0) is 28.9 Å². The molecule has 7 heteroatoms. The van der Waals surface area contributed by atoms with Gasteiger partial charge in [0.25, 0.3) is 0 Å². The maximum atomic E-state index is 13.7. The van der Waals surface area contributed by atoms with Crippen molar-refractivity contribution in [3.63, 3.8) is 0 Å². The molecule has 1 N–H and O–H groups in total. The molecule has 1 saturated heterocycles. The molecule has 0 unspecified atom stereocenters. The molecule has 0 radical (unpaired) electrons.